The van der Waals surface area contributed by atoms with Crippen LogP contribution in [0.1, 0.15) is 0 Å². The summed E-state index contributed by atoms with van der Waals surface area (Å²) < 4.78 is 8.12. The average molecular weight is 415 g/mol. The summed E-state index contributed by atoms with van der Waals surface area (Å²) in [6.45, 7) is 5.83. The molecule has 0 bridgehead atoms. The summed E-state index contributed by atoms with van der Waals surface area (Å²) in [4.78, 5) is 11.2. The van der Waals surface area contributed by atoms with E-state index in [1.807, 2.05) is 36.4 Å². The quantitative estimate of drug-likeness (QED) is 0.505. The van der Waals surface area contributed by atoms with Crippen LogP contribution in [0.25, 0.3) is 27.8 Å². The van der Waals surface area contributed by atoms with Gasteiger partial charge in [-0.3, -0.25) is 4.90 Å². The van der Waals surface area contributed by atoms with Crippen molar-refractivity contribution in [2.45, 2.75) is 0 Å². The van der Waals surface area contributed by atoms with Crippen molar-refractivity contribution in [3.63, 3.8) is 0 Å². The summed E-state index contributed by atoms with van der Waals surface area (Å²) in [7, 11) is 0. The molecule has 158 valence electrons. The Morgan fingerprint density at radius 3 is 2.68 bits per heavy atom. The molecule has 0 saturated carbocycles. The minimum absolute atomic E-state index is 0.478. The second-order valence-electron chi connectivity index (χ2n) is 7.67. The SMILES string of the molecule is Nc1ncnc2c1c(-c1ccccc1)cn2-c1cccc(OCCN2CCNCC2)c1. The first-order chi connectivity index (χ1) is 15.3. The van der Waals surface area contributed by atoms with Crippen molar-refractivity contribution < 1.29 is 4.74 Å². The van der Waals surface area contributed by atoms with Gasteiger partial charge in [0, 0.05) is 50.6 Å². The van der Waals surface area contributed by atoms with Crippen LogP contribution in [-0.2, 0) is 0 Å². The summed E-state index contributed by atoms with van der Waals surface area (Å²) in [5, 5.41) is 4.24. The van der Waals surface area contributed by atoms with Gasteiger partial charge >= 0.3 is 0 Å². The molecule has 7 nitrogen and oxygen atoms in total. The van der Waals surface area contributed by atoms with E-state index in [2.05, 4.69) is 49.1 Å². The number of nitrogens with two attached hydrogens (primary N) is 1. The zero-order valence-corrected chi connectivity index (χ0v) is 17.4. The number of fused-ring (bicyclic) bond motifs is 1. The van der Waals surface area contributed by atoms with Gasteiger partial charge in [0.25, 0.3) is 0 Å². The Morgan fingerprint density at radius 1 is 1.00 bits per heavy atom. The van der Waals surface area contributed by atoms with Crippen LogP contribution in [0.15, 0.2) is 67.1 Å². The Morgan fingerprint density at radius 2 is 1.84 bits per heavy atom. The summed E-state index contributed by atoms with van der Waals surface area (Å²) >= 11 is 0. The van der Waals surface area contributed by atoms with Crippen molar-refractivity contribution in [2.75, 3.05) is 45.1 Å². The summed E-state index contributed by atoms with van der Waals surface area (Å²) in [5.74, 6) is 1.32. The second kappa shape index (κ2) is 8.75. The number of nitrogen functional groups attached to an aromatic ring is 1. The summed E-state index contributed by atoms with van der Waals surface area (Å²) in [5.41, 5.74) is 10.1. The molecule has 4 aromatic rings. The lowest BCUT2D eigenvalue weighted by Crippen LogP contribution is -2.44. The zero-order valence-electron chi connectivity index (χ0n) is 17.4. The number of rotatable bonds is 6. The number of piperazine rings is 1. The Balaban J connectivity index is 1.44. The minimum atomic E-state index is 0.478. The van der Waals surface area contributed by atoms with Crippen LogP contribution >= 0.6 is 0 Å². The zero-order chi connectivity index (χ0) is 21.0. The molecule has 0 aliphatic carbocycles. The van der Waals surface area contributed by atoms with Crippen LogP contribution < -0.4 is 15.8 Å². The van der Waals surface area contributed by atoms with Crippen LogP contribution in [0.4, 0.5) is 5.82 Å². The Labute approximate surface area is 181 Å². The molecule has 1 aliphatic heterocycles. The van der Waals surface area contributed by atoms with E-state index in [4.69, 9.17) is 10.5 Å². The fourth-order valence-electron chi connectivity index (χ4n) is 4.07. The van der Waals surface area contributed by atoms with E-state index in [0.717, 1.165) is 66.3 Å². The third-order valence-corrected chi connectivity index (χ3v) is 5.68. The highest BCUT2D eigenvalue weighted by Gasteiger charge is 2.16. The minimum Gasteiger partial charge on any atom is -0.492 e. The molecule has 2 aromatic heterocycles. The van der Waals surface area contributed by atoms with E-state index in [0.29, 0.717) is 12.4 Å². The lowest BCUT2D eigenvalue weighted by atomic mass is 10.1. The first-order valence-corrected chi connectivity index (χ1v) is 10.6. The molecule has 1 aliphatic rings. The molecule has 1 saturated heterocycles. The highest BCUT2D eigenvalue weighted by molar-refractivity contribution is 6.01. The largest absolute Gasteiger partial charge is 0.492 e. The number of aromatic nitrogens is 3. The van der Waals surface area contributed by atoms with Crippen LogP contribution in [0, 0.1) is 0 Å². The van der Waals surface area contributed by atoms with E-state index in [9.17, 15) is 0 Å². The number of anilines is 1. The molecule has 31 heavy (non-hydrogen) atoms. The normalized spacial score (nSPS) is 14.7. The highest BCUT2D eigenvalue weighted by Crippen LogP contribution is 2.34. The maximum Gasteiger partial charge on any atom is 0.150 e. The topological polar surface area (TPSA) is 81.2 Å². The first kappa shape index (κ1) is 19.5. The van der Waals surface area contributed by atoms with Gasteiger partial charge < -0.3 is 20.4 Å². The lowest BCUT2D eigenvalue weighted by Gasteiger charge is -2.26. The molecule has 7 heteroatoms. The average Bonchev–Trinajstić information content (AvgIpc) is 3.22. The van der Waals surface area contributed by atoms with Gasteiger partial charge in [-0.25, -0.2) is 9.97 Å². The fraction of sp³-hybridized carbons (Fsp3) is 0.250. The van der Waals surface area contributed by atoms with Crippen molar-refractivity contribution in [3.8, 4) is 22.6 Å². The van der Waals surface area contributed by atoms with Gasteiger partial charge in [0.1, 0.15) is 24.5 Å². The molecule has 3 N–H and O–H groups in total. The predicted molar refractivity (Wildman–Crippen MR) is 124 cm³/mol. The number of nitrogens with one attached hydrogen (secondary N) is 1. The van der Waals surface area contributed by atoms with E-state index < -0.39 is 0 Å². The molecular formula is C24H26N6O. The lowest BCUT2D eigenvalue weighted by molar-refractivity contribution is 0.191. The van der Waals surface area contributed by atoms with Crippen LogP contribution in [-0.4, -0.2) is 58.8 Å². The van der Waals surface area contributed by atoms with Gasteiger partial charge in [0.05, 0.1) is 11.1 Å². The van der Waals surface area contributed by atoms with Gasteiger partial charge in [0.2, 0.25) is 0 Å². The molecule has 0 atom stereocenters. The molecule has 2 aromatic carbocycles. The molecule has 0 spiro atoms. The number of ether oxygens (including phenoxy) is 1. The van der Waals surface area contributed by atoms with Gasteiger partial charge in [-0.1, -0.05) is 36.4 Å². The molecular weight excluding hydrogens is 388 g/mol. The molecule has 3 heterocycles. The number of hydrogen-bond donors (Lipinski definition) is 2. The first-order valence-electron chi connectivity index (χ1n) is 10.6. The van der Waals surface area contributed by atoms with Crippen molar-refractivity contribution >= 4 is 16.9 Å². The number of hydrogen-bond acceptors (Lipinski definition) is 6. The Kier molecular flexibility index (Phi) is 5.52. The molecule has 5 rings (SSSR count). The standard InChI is InChI=1S/C24H26N6O/c25-23-22-21(18-5-2-1-3-6-18)16-30(24(22)28-17-27-23)19-7-4-8-20(15-19)31-14-13-29-11-9-26-10-12-29/h1-8,15-17,26H,9-14H2,(H2,25,27,28). The van der Waals surface area contributed by atoms with Crippen molar-refractivity contribution in [2.24, 2.45) is 0 Å². The molecule has 1 fully saturated rings. The van der Waals surface area contributed by atoms with E-state index in [-0.39, 0.29) is 0 Å². The van der Waals surface area contributed by atoms with E-state index >= 15 is 0 Å². The third kappa shape index (κ3) is 4.10. The predicted octanol–water partition coefficient (Wildman–Crippen LogP) is 2.95. The Hall–Kier alpha value is -3.42. The molecule has 0 amide bonds. The molecule has 0 radical (unpaired) electrons. The second-order valence-corrected chi connectivity index (χ2v) is 7.67. The van der Waals surface area contributed by atoms with Gasteiger partial charge in [-0.2, -0.15) is 0 Å². The van der Waals surface area contributed by atoms with Crippen LogP contribution in [0.3, 0.4) is 0 Å². The third-order valence-electron chi connectivity index (χ3n) is 5.68. The molecule has 0 unspecified atom stereocenters. The van der Waals surface area contributed by atoms with Gasteiger partial charge in [0.15, 0.2) is 5.65 Å². The highest BCUT2D eigenvalue weighted by atomic mass is 16.5. The van der Waals surface area contributed by atoms with Crippen LogP contribution in [0.2, 0.25) is 0 Å². The van der Waals surface area contributed by atoms with Crippen LogP contribution in [0.5, 0.6) is 5.75 Å². The number of benzene rings is 2. The van der Waals surface area contributed by atoms with Gasteiger partial charge in [-0.15, -0.1) is 0 Å². The smallest absolute Gasteiger partial charge is 0.150 e. The maximum absolute atomic E-state index is 6.25. The van der Waals surface area contributed by atoms with E-state index in [1.165, 1.54) is 6.33 Å². The number of nitrogens with zero attached hydrogens (tertiary/aromatic N) is 4. The van der Waals surface area contributed by atoms with Crippen molar-refractivity contribution in [1.82, 2.24) is 24.8 Å². The Bertz CT molecular complexity index is 1170. The summed E-state index contributed by atoms with van der Waals surface area (Å²) in [6, 6.07) is 18.3. The monoisotopic (exact) mass is 414 g/mol. The maximum atomic E-state index is 6.25. The van der Waals surface area contributed by atoms with Crippen molar-refractivity contribution in [1.29, 1.82) is 0 Å². The summed E-state index contributed by atoms with van der Waals surface area (Å²) in [6.07, 6.45) is 3.58. The van der Waals surface area contributed by atoms with Gasteiger partial charge in [-0.05, 0) is 17.7 Å². The van der Waals surface area contributed by atoms with Crippen molar-refractivity contribution in [3.05, 3.63) is 67.1 Å². The fourth-order valence-corrected chi connectivity index (χ4v) is 4.07. The van der Waals surface area contributed by atoms with E-state index in [1.54, 1.807) is 0 Å².